The van der Waals surface area contributed by atoms with Gasteiger partial charge in [-0.05, 0) is 24.6 Å². The number of rotatable bonds is 0. The Morgan fingerprint density at radius 3 is 0.444 bits per heavy atom. The van der Waals surface area contributed by atoms with Crippen molar-refractivity contribution in [2.45, 2.75) is 0 Å². The second-order valence-corrected chi connectivity index (χ2v) is 1.00. The molecule has 0 radical (unpaired) electrons. The molecule has 0 aromatic heterocycles. The molecule has 0 rings (SSSR count). The van der Waals surface area contributed by atoms with Crippen LogP contribution in [0.25, 0.3) is 0 Å². The largest absolute Gasteiger partial charge is 6.00 e. The summed E-state index contributed by atoms with van der Waals surface area (Å²) in [5.41, 5.74) is 0. The summed E-state index contributed by atoms with van der Waals surface area (Å²) in [5, 5.41) is 66.7. The second kappa shape index (κ2) is 29.6. The van der Waals surface area contributed by atoms with Gasteiger partial charge in [0.2, 0.25) is 0 Å². The Hall–Kier alpha value is -1.35. The first-order chi connectivity index (χ1) is 6.93. The number of carbonyl (C=O) groups excluding carboxylic acids is 4. The first-order valence-corrected chi connectivity index (χ1v) is 2.45. The molecule has 18 heavy (non-hydrogen) atoms. The van der Waals surface area contributed by atoms with Crippen molar-refractivity contribution in [3.63, 3.8) is 0 Å². The third-order valence-electron chi connectivity index (χ3n) is 0. The van der Waals surface area contributed by atoms with Gasteiger partial charge in [0, 0.05) is 0 Å². The van der Waals surface area contributed by atoms with Gasteiger partial charge >= 0.3 is 48.2 Å². The number of hydrogen-bond acceptors (Lipinski definition) is 12. The first kappa shape index (κ1) is 36.0. The zero-order valence-electron chi connectivity index (χ0n) is 7.75. The van der Waals surface area contributed by atoms with Gasteiger partial charge in [-0.15, -0.1) is 0 Å². The Bertz CT molecular complexity index is 164. The van der Waals surface area contributed by atoms with Crippen LogP contribution in [0.4, 0.5) is 19.2 Å². The SMILES string of the molecule is O=C([O-])[O-].O=C([O-])[O-].O=C([O-])[O-].O=C([O-])[O-].[Fe+2].[U+6]. The molecule has 0 aliphatic carbocycles. The summed E-state index contributed by atoms with van der Waals surface area (Å²) in [4.78, 5) is 33.3. The monoisotopic (exact) mass is 534 g/mol. The van der Waals surface area contributed by atoms with Gasteiger partial charge in [0.1, 0.15) is 0 Å². The fourth-order valence-corrected chi connectivity index (χ4v) is 0. The molecule has 0 N–H and O–H groups in total. The molecule has 0 atom stereocenters. The average molecular weight is 534 g/mol. The van der Waals surface area contributed by atoms with E-state index in [1.54, 1.807) is 0 Å². The van der Waals surface area contributed by atoms with Crippen LogP contribution in [0.1, 0.15) is 0 Å². The van der Waals surface area contributed by atoms with Crippen molar-refractivity contribution in [2.24, 2.45) is 0 Å². The molecule has 0 fully saturated rings. The fraction of sp³-hybridized carbons (Fsp3) is 0. The summed E-state index contributed by atoms with van der Waals surface area (Å²) in [7, 11) is 0. The Morgan fingerprint density at radius 2 is 0.444 bits per heavy atom. The van der Waals surface area contributed by atoms with Crippen LogP contribution >= 0.6 is 0 Å². The van der Waals surface area contributed by atoms with E-state index in [0.717, 1.165) is 0 Å². The molecule has 12 nitrogen and oxygen atoms in total. The minimum atomic E-state index is -2.33. The maximum atomic E-state index is 8.33. The summed E-state index contributed by atoms with van der Waals surface area (Å²) in [6, 6.07) is 0. The Labute approximate surface area is 132 Å². The molecule has 0 saturated carbocycles. The molecule has 0 heterocycles. The summed E-state index contributed by atoms with van der Waals surface area (Å²) < 4.78 is 0. The predicted octanol–water partition coefficient (Wildman–Crippen LogP) is -9.79. The van der Waals surface area contributed by atoms with Gasteiger partial charge in [-0.1, -0.05) is 0 Å². The van der Waals surface area contributed by atoms with Crippen molar-refractivity contribution in [3.05, 3.63) is 0 Å². The van der Waals surface area contributed by atoms with Crippen molar-refractivity contribution in [2.75, 3.05) is 0 Å². The van der Waals surface area contributed by atoms with Gasteiger partial charge in [-0.25, -0.2) is 0 Å². The van der Waals surface area contributed by atoms with Gasteiger partial charge in [0.25, 0.3) is 0 Å². The van der Waals surface area contributed by atoms with Crippen LogP contribution < -0.4 is 40.9 Å². The third-order valence-corrected chi connectivity index (χ3v) is 0. The molecule has 14 heteroatoms. The molecule has 0 amide bonds. The minimum absolute atomic E-state index is 0. The number of carbonyl (C=O) groups is 4. The summed E-state index contributed by atoms with van der Waals surface area (Å²) in [6.07, 6.45) is -9.33. The van der Waals surface area contributed by atoms with Crippen LogP contribution in [0.2, 0.25) is 0 Å². The molecule has 0 unspecified atom stereocenters. The Balaban J connectivity index is -0.0000000257. The van der Waals surface area contributed by atoms with E-state index < -0.39 is 24.6 Å². The van der Waals surface area contributed by atoms with Crippen molar-refractivity contribution >= 4 is 24.6 Å². The predicted molar refractivity (Wildman–Crippen MR) is 21.6 cm³/mol. The minimum Gasteiger partial charge on any atom is -0.652 e. The molecule has 100 valence electrons. The molecule has 0 aromatic carbocycles. The molecule has 0 spiro atoms. The quantitative estimate of drug-likeness (QED) is 0.263. The Morgan fingerprint density at radius 1 is 0.444 bits per heavy atom. The molecule has 0 aromatic rings. The van der Waals surface area contributed by atoms with E-state index in [1.807, 2.05) is 0 Å². The first-order valence-electron chi connectivity index (χ1n) is 2.45. The van der Waals surface area contributed by atoms with Gasteiger partial charge < -0.3 is 60.0 Å². The Kier molecular flexibility index (Phi) is 59.2. The average Bonchev–Trinajstić information content (AvgIpc) is 1.76. The van der Waals surface area contributed by atoms with Crippen LogP contribution in [0.3, 0.4) is 0 Å². The van der Waals surface area contributed by atoms with Crippen LogP contribution in [0.15, 0.2) is 0 Å². The van der Waals surface area contributed by atoms with Crippen LogP contribution in [0.5, 0.6) is 0 Å². The van der Waals surface area contributed by atoms with Gasteiger partial charge in [-0.3, -0.25) is 0 Å². The van der Waals surface area contributed by atoms with Crippen molar-refractivity contribution in [1.29, 1.82) is 0 Å². The second-order valence-electron chi connectivity index (χ2n) is 1.00. The van der Waals surface area contributed by atoms with E-state index in [4.69, 9.17) is 60.0 Å². The molecule has 0 aliphatic rings. The van der Waals surface area contributed by atoms with Crippen molar-refractivity contribution < 1.29 is 108 Å². The smallest absolute Gasteiger partial charge is 0.652 e. The molecule has 0 bridgehead atoms. The summed E-state index contributed by atoms with van der Waals surface area (Å²) >= 11 is 0. The maximum absolute atomic E-state index is 8.33. The van der Waals surface area contributed by atoms with Crippen LogP contribution in [-0.4, -0.2) is 24.6 Å². The fourth-order valence-electron chi connectivity index (χ4n) is 0. The number of hydrogen-bond donors (Lipinski definition) is 0. The van der Waals surface area contributed by atoms with E-state index >= 15 is 0 Å². The van der Waals surface area contributed by atoms with Crippen molar-refractivity contribution in [3.8, 4) is 0 Å². The molecular weight excluding hydrogens is 534 g/mol. The van der Waals surface area contributed by atoms with Gasteiger partial charge in [0.05, 0.1) is 0 Å². The van der Waals surface area contributed by atoms with Crippen molar-refractivity contribution in [1.82, 2.24) is 0 Å². The van der Waals surface area contributed by atoms with E-state index in [0.29, 0.717) is 0 Å². The zero-order valence-corrected chi connectivity index (χ0v) is 13.0. The maximum Gasteiger partial charge on any atom is 6.00 e. The van der Waals surface area contributed by atoms with E-state index in [-0.39, 0.29) is 48.2 Å². The van der Waals surface area contributed by atoms with E-state index in [2.05, 4.69) is 0 Å². The van der Waals surface area contributed by atoms with Crippen LogP contribution in [-0.2, 0) is 17.1 Å². The van der Waals surface area contributed by atoms with Gasteiger partial charge in [0.15, 0.2) is 0 Å². The topological polar surface area (TPSA) is 253 Å². The normalized spacial score (nSPS) is 5.33. The number of carboxylic acid groups (broad SMARTS) is 8. The molecule has 0 aliphatic heterocycles. The summed E-state index contributed by atoms with van der Waals surface area (Å²) in [6.45, 7) is 0. The van der Waals surface area contributed by atoms with Crippen LogP contribution in [0, 0.1) is 31.1 Å². The third kappa shape index (κ3) is 1500. The molecule has 0 saturated heterocycles. The zero-order chi connectivity index (χ0) is 14.3. The molecular formula is C4FeO12U. The standard InChI is InChI=1S/4CH2O3.Fe.U/c4*2-1(3)4;;/h4*(H2,2,3,4);;/q;;;;+2;+6/p-8. The van der Waals surface area contributed by atoms with E-state index in [9.17, 15) is 0 Å². The van der Waals surface area contributed by atoms with E-state index in [1.165, 1.54) is 0 Å². The summed E-state index contributed by atoms with van der Waals surface area (Å²) in [5.74, 6) is 0. The van der Waals surface area contributed by atoms with Gasteiger partial charge in [-0.2, -0.15) is 0 Å².